The van der Waals surface area contributed by atoms with E-state index in [1.165, 1.54) is 12.1 Å². The van der Waals surface area contributed by atoms with Crippen LogP contribution in [0.4, 0.5) is 13.2 Å². The minimum Gasteiger partial charge on any atom is -0.458 e. The van der Waals surface area contributed by atoms with Crippen LogP contribution in [0.3, 0.4) is 0 Å². The molecule has 7 nitrogen and oxygen atoms in total. The standard InChI is InChI=1S/C25H30F3NO6S/c1-23(2,3)18-11-9-17(10-12-18)21(30)29-20(22(31)34-24(4,5)6)15-16-7-13-19(14-8-16)35-36(32,33)25(26,27)28/h7-14,20H,15H2,1-6H3,(H,29,30). The molecule has 0 aliphatic carbocycles. The molecular formula is C25H30F3NO6S. The van der Waals surface area contributed by atoms with Gasteiger partial charge in [0.25, 0.3) is 5.91 Å². The Balaban J connectivity index is 2.23. The van der Waals surface area contributed by atoms with Crippen molar-refractivity contribution in [2.45, 2.75) is 70.5 Å². The van der Waals surface area contributed by atoms with Crippen molar-refractivity contribution < 1.29 is 40.1 Å². The summed E-state index contributed by atoms with van der Waals surface area (Å²) in [7, 11) is -5.81. The maximum atomic E-state index is 12.9. The molecule has 0 saturated carbocycles. The minimum atomic E-state index is -5.81. The van der Waals surface area contributed by atoms with E-state index in [0.717, 1.165) is 17.7 Å². The average molecular weight is 530 g/mol. The fourth-order valence-electron chi connectivity index (χ4n) is 3.02. The zero-order chi connectivity index (χ0) is 27.5. The number of halogens is 3. The quantitative estimate of drug-likeness (QED) is 0.311. The number of hydrogen-bond donors (Lipinski definition) is 1. The molecule has 0 saturated heterocycles. The van der Waals surface area contributed by atoms with Crippen LogP contribution < -0.4 is 9.50 Å². The Hall–Kier alpha value is -3.08. The summed E-state index contributed by atoms with van der Waals surface area (Å²) in [5.41, 5.74) is -4.73. The predicted octanol–water partition coefficient (Wildman–Crippen LogP) is 4.90. The number of alkyl halides is 3. The Morgan fingerprint density at radius 3 is 1.86 bits per heavy atom. The number of hydrogen-bond acceptors (Lipinski definition) is 6. The highest BCUT2D eigenvalue weighted by Gasteiger charge is 2.48. The largest absolute Gasteiger partial charge is 0.534 e. The van der Waals surface area contributed by atoms with Gasteiger partial charge in [-0.15, -0.1) is 0 Å². The lowest BCUT2D eigenvalue weighted by molar-refractivity contribution is -0.157. The van der Waals surface area contributed by atoms with Crippen LogP contribution in [0.15, 0.2) is 48.5 Å². The van der Waals surface area contributed by atoms with E-state index in [2.05, 4.69) is 9.50 Å². The summed E-state index contributed by atoms with van der Waals surface area (Å²) in [6.07, 6.45) is -0.0625. The van der Waals surface area contributed by atoms with Gasteiger partial charge < -0.3 is 14.2 Å². The normalized spacial score (nSPS) is 13.6. The lowest BCUT2D eigenvalue weighted by atomic mass is 9.86. The van der Waals surface area contributed by atoms with Crippen molar-refractivity contribution in [3.8, 4) is 5.75 Å². The first-order valence-electron chi connectivity index (χ1n) is 11.0. The van der Waals surface area contributed by atoms with Crippen molar-refractivity contribution in [3.05, 3.63) is 65.2 Å². The van der Waals surface area contributed by atoms with Gasteiger partial charge in [0.15, 0.2) is 0 Å². The Labute approximate surface area is 209 Å². The molecule has 0 radical (unpaired) electrons. The molecule has 36 heavy (non-hydrogen) atoms. The Bertz CT molecular complexity index is 1180. The van der Waals surface area contributed by atoms with Crippen LogP contribution in [0.2, 0.25) is 0 Å². The number of carbonyl (C=O) groups is 2. The van der Waals surface area contributed by atoms with Gasteiger partial charge >= 0.3 is 21.6 Å². The molecule has 11 heteroatoms. The summed E-state index contributed by atoms with van der Waals surface area (Å²) in [6.45, 7) is 11.1. The first kappa shape index (κ1) is 29.2. The molecule has 0 aliphatic rings. The highest BCUT2D eigenvalue weighted by molar-refractivity contribution is 7.88. The maximum Gasteiger partial charge on any atom is 0.534 e. The van der Waals surface area contributed by atoms with Crippen LogP contribution in [-0.2, 0) is 31.5 Å². The number of ether oxygens (including phenoxy) is 1. The zero-order valence-electron chi connectivity index (χ0n) is 20.9. The SMILES string of the molecule is CC(C)(C)OC(=O)C(Cc1ccc(OS(=O)(=O)C(F)(F)F)cc1)NC(=O)c1ccc(C(C)(C)C)cc1. The van der Waals surface area contributed by atoms with E-state index in [0.29, 0.717) is 11.1 Å². The molecule has 1 amide bonds. The number of nitrogens with one attached hydrogen (secondary N) is 1. The van der Waals surface area contributed by atoms with E-state index >= 15 is 0 Å². The number of amides is 1. The lowest BCUT2D eigenvalue weighted by Gasteiger charge is -2.25. The van der Waals surface area contributed by atoms with Crippen molar-refractivity contribution in [1.82, 2.24) is 5.32 Å². The van der Waals surface area contributed by atoms with Crippen LogP contribution >= 0.6 is 0 Å². The van der Waals surface area contributed by atoms with E-state index in [9.17, 15) is 31.2 Å². The molecule has 0 bridgehead atoms. The van der Waals surface area contributed by atoms with Gasteiger partial charge in [-0.1, -0.05) is 45.0 Å². The van der Waals surface area contributed by atoms with Gasteiger partial charge in [0, 0.05) is 12.0 Å². The van der Waals surface area contributed by atoms with E-state index < -0.39 is 44.9 Å². The smallest absolute Gasteiger partial charge is 0.458 e. The number of benzene rings is 2. The molecule has 0 spiro atoms. The monoisotopic (exact) mass is 529 g/mol. The third-order valence-electron chi connectivity index (χ3n) is 4.86. The van der Waals surface area contributed by atoms with Gasteiger partial charge in [-0.05, 0) is 61.6 Å². The number of rotatable bonds is 7. The first-order valence-corrected chi connectivity index (χ1v) is 12.4. The summed E-state index contributed by atoms with van der Waals surface area (Å²) in [5, 5.41) is 2.65. The van der Waals surface area contributed by atoms with Crippen molar-refractivity contribution in [2.24, 2.45) is 0 Å². The van der Waals surface area contributed by atoms with E-state index in [-0.39, 0.29) is 11.8 Å². The number of carbonyl (C=O) groups excluding carboxylic acids is 2. The molecule has 0 heterocycles. The Morgan fingerprint density at radius 2 is 1.42 bits per heavy atom. The summed E-state index contributed by atoms with van der Waals surface area (Å²) in [6, 6.07) is 10.5. The second-order valence-corrected chi connectivity index (χ2v) is 11.8. The van der Waals surface area contributed by atoms with Crippen LogP contribution in [-0.4, -0.2) is 37.4 Å². The van der Waals surface area contributed by atoms with E-state index in [4.69, 9.17) is 4.74 Å². The Kier molecular flexibility index (Phi) is 8.50. The van der Waals surface area contributed by atoms with Crippen molar-refractivity contribution in [2.75, 3.05) is 0 Å². The van der Waals surface area contributed by atoms with Crippen LogP contribution in [0, 0.1) is 0 Å². The average Bonchev–Trinajstić information content (AvgIpc) is 2.71. The van der Waals surface area contributed by atoms with Gasteiger partial charge in [-0.25, -0.2) is 4.79 Å². The van der Waals surface area contributed by atoms with E-state index in [1.807, 2.05) is 32.9 Å². The molecule has 198 valence electrons. The molecule has 0 aliphatic heterocycles. The van der Waals surface area contributed by atoms with Gasteiger partial charge in [0.1, 0.15) is 17.4 Å². The van der Waals surface area contributed by atoms with Crippen molar-refractivity contribution in [1.29, 1.82) is 0 Å². The highest BCUT2D eigenvalue weighted by atomic mass is 32.2. The summed E-state index contributed by atoms with van der Waals surface area (Å²) in [4.78, 5) is 25.7. The molecule has 1 atom stereocenters. The van der Waals surface area contributed by atoms with Crippen molar-refractivity contribution in [3.63, 3.8) is 0 Å². The molecule has 2 aromatic rings. The predicted molar refractivity (Wildman–Crippen MR) is 128 cm³/mol. The van der Waals surface area contributed by atoms with Gasteiger partial charge in [-0.3, -0.25) is 4.79 Å². The highest BCUT2D eigenvalue weighted by Crippen LogP contribution is 2.27. The molecule has 2 rings (SSSR count). The molecule has 0 aromatic heterocycles. The number of esters is 1. The van der Waals surface area contributed by atoms with Gasteiger partial charge in [0.2, 0.25) is 0 Å². The fraction of sp³-hybridized carbons (Fsp3) is 0.440. The second-order valence-electron chi connectivity index (χ2n) is 10.2. The topological polar surface area (TPSA) is 98.8 Å². The summed E-state index contributed by atoms with van der Waals surface area (Å²) < 4.78 is 69.5. The zero-order valence-corrected chi connectivity index (χ0v) is 21.7. The lowest BCUT2D eigenvalue weighted by Crippen LogP contribution is -2.45. The molecule has 1 N–H and O–H groups in total. The summed E-state index contributed by atoms with van der Waals surface area (Å²) in [5.74, 6) is -1.77. The molecule has 1 unspecified atom stereocenters. The molecule has 0 fully saturated rings. The molecule has 2 aromatic carbocycles. The van der Waals surface area contributed by atoms with Gasteiger partial charge in [-0.2, -0.15) is 21.6 Å². The fourth-order valence-corrected chi connectivity index (χ4v) is 3.48. The molecular weight excluding hydrogens is 499 g/mol. The third kappa shape index (κ3) is 8.25. The maximum absolute atomic E-state index is 12.9. The third-order valence-corrected chi connectivity index (χ3v) is 5.84. The van der Waals surface area contributed by atoms with Crippen LogP contribution in [0.1, 0.15) is 63.0 Å². The van der Waals surface area contributed by atoms with Gasteiger partial charge in [0.05, 0.1) is 0 Å². The van der Waals surface area contributed by atoms with E-state index in [1.54, 1.807) is 32.9 Å². The summed E-state index contributed by atoms with van der Waals surface area (Å²) >= 11 is 0. The first-order chi connectivity index (χ1) is 16.3. The second kappa shape index (κ2) is 10.5. The van der Waals surface area contributed by atoms with Crippen LogP contribution in [0.25, 0.3) is 0 Å². The minimum absolute atomic E-state index is 0.0625. The Morgan fingerprint density at radius 1 is 0.889 bits per heavy atom. The van der Waals surface area contributed by atoms with Crippen molar-refractivity contribution >= 4 is 22.0 Å². The van der Waals surface area contributed by atoms with Crippen LogP contribution in [0.5, 0.6) is 5.75 Å².